The number of rotatable bonds is 5. The normalized spacial score (nSPS) is 10.4. The number of hydrogen-bond donors (Lipinski definition) is 1. The summed E-state index contributed by atoms with van der Waals surface area (Å²) in [7, 11) is 0. The SMILES string of the molecule is CCOC(=O)c1cc(NC(=O)Cc2nc(C)sc2C)on1. The molecular weight excluding hydrogens is 294 g/mol. The number of carbonyl (C=O) groups excluding carboxylic acids is 2. The Kier molecular flexibility index (Phi) is 4.69. The van der Waals surface area contributed by atoms with Gasteiger partial charge in [0, 0.05) is 10.9 Å². The highest BCUT2D eigenvalue weighted by atomic mass is 32.1. The molecule has 0 unspecified atom stereocenters. The predicted octanol–water partition coefficient (Wildman–Crippen LogP) is 2.11. The van der Waals surface area contributed by atoms with Crippen molar-refractivity contribution >= 4 is 29.1 Å². The summed E-state index contributed by atoms with van der Waals surface area (Å²) in [6.07, 6.45) is 0.144. The van der Waals surface area contributed by atoms with E-state index in [4.69, 9.17) is 9.26 Å². The molecule has 2 heterocycles. The number of carbonyl (C=O) groups is 2. The zero-order valence-electron chi connectivity index (χ0n) is 11.9. The highest BCUT2D eigenvalue weighted by molar-refractivity contribution is 7.11. The third-order valence-corrected chi connectivity index (χ3v) is 3.51. The largest absolute Gasteiger partial charge is 0.461 e. The predicted molar refractivity (Wildman–Crippen MR) is 76.4 cm³/mol. The average molecular weight is 309 g/mol. The number of aryl methyl sites for hydroxylation is 2. The summed E-state index contributed by atoms with van der Waals surface area (Å²) in [6.45, 7) is 5.75. The molecule has 0 saturated heterocycles. The van der Waals surface area contributed by atoms with Crippen molar-refractivity contribution in [1.82, 2.24) is 10.1 Å². The van der Waals surface area contributed by atoms with E-state index in [1.807, 2.05) is 13.8 Å². The standard InChI is InChI=1S/C13H15N3O4S/c1-4-19-13(18)10-6-12(20-16-10)15-11(17)5-9-7(2)21-8(3)14-9/h6H,4-5H2,1-3H3,(H,15,17). The zero-order chi connectivity index (χ0) is 15.4. The van der Waals surface area contributed by atoms with Gasteiger partial charge in [-0.2, -0.15) is 0 Å². The van der Waals surface area contributed by atoms with Crippen molar-refractivity contribution in [3.63, 3.8) is 0 Å². The van der Waals surface area contributed by atoms with Gasteiger partial charge < -0.3 is 9.26 Å². The van der Waals surface area contributed by atoms with Crippen LogP contribution in [0, 0.1) is 13.8 Å². The molecule has 0 aliphatic carbocycles. The maximum absolute atomic E-state index is 11.9. The number of ether oxygens (including phenoxy) is 1. The fraction of sp³-hybridized carbons (Fsp3) is 0.385. The van der Waals surface area contributed by atoms with Crippen molar-refractivity contribution in [2.24, 2.45) is 0 Å². The van der Waals surface area contributed by atoms with Crippen LogP contribution in [0.1, 0.15) is 33.0 Å². The van der Waals surface area contributed by atoms with Gasteiger partial charge in [0.15, 0.2) is 5.69 Å². The molecule has 0 spiro atoms. The van der Waals surface area contributed by atoms with E-state index in [2.05, 4.69) is 15.5 Å². The first kappa shape index (κ1) is 15.2. The molecule has 0 fully saturated rings. The Bertz CT molecular complexity index is 662. The van der Waals surface area contributed by atoms with Crippen LogP contribution in [-0.2, 0) is 16.0 Å². The van der Waals surface area contributed by atoms with E-state index in [9.17, 15) is 9.59 Å². The first-order valence-electron chi connectivity index (χ1n) is 6.36. The van der Waals surface area contributed by atoms with Crippen LogP contribution in [0.2, 0.25) is 0 Å². The number of nitrogens with one attached hydrogen (secondary N) is 1. The van der Waals surface area contributed by atoms with Crippen molar-refractivity contribution in [2.45, 2.75) is 27.2 Å². The lowest BCUT2D eigenvalue weighted by atomic mass is 10.2. The molecule has 112 valence electrons. The van der Waals surface area contributed by atoms with Gasteiger partial charge in [-0.05, 0) is 20.8 Å². The van der Waals surface area contributed by atoms with Crippen molar-refractivity contribution in [3.8, 4) is 0 Å². The summed E-state index contributed by atoms with van der Waals surface area (Å²) in [6, 6.07) is 1.33. The molecule has 21 heavy (non-hydrogen) atoms. The Balaban J connectivity index is 1.97. The second-order valence-corrected chi connectivity index (χ2v) is 5.66. The summed E-state index contributed by atoms with van der Waals surface area (Å²) in [5, 5.41) is 6.99. The smallest absolute Gasteiger partial charge is 0.360 e. The maximum atomic E-state index is 11.9. The molecule has 2 rings (SSSR count). The summed E-state index contributed by atoms with van der Waals surface area (Å²) >= 11 is 1.54. The number of amides is 1. The molecule has 1 amide bonds. The van der Waals surface area contributed by atoms with Gasteiger partial charge in [0.1, 0.15) is 0 Å². The maximum Gasteiger partial charge on any atom is 0.360 e. The van der Waals surface area contributed by atoms with Gasteiger partial charge >= 0.3 is 5.97 Å². The summed E-state index contributed by atoms with van der Waals surface area (Å²) < 4.78 is 9.65. The monoisotopic (exact) mass is 309 g/mol. The van der Waals surface area contributed by atoms with Crippen LogP contribution in [0.15, 0.2) is 10.6 Å². The average Bonchev–Trinajstić information content (AvgIpc) is 2.97. The summed E-state index contributed by atoms with van der Waals surface area (Å²) in [5.41, 5.74) is 0.757. The molecule has 7 nitrogen and oxygen atoms in total. The highest BCUT2D eigenvalue weighted by Crippen LogP contribution is 2.17. The third-order valence-electron chi connectivity index (χ3n) is 2.58. The number of hydrogen-bond acceptors (Lipinski definition) is 7. The number of thiazole rings is 1. The molecule has 8 heteroatoms. The number of aromatic nitrogens is 2. The molecule has 0 aliphatic rings. The van der Waals surface area contributed by atoms with Gasteiger partial charge in [0.05, 0.1) is 23.7 Å². The number of nitrogens with zero attached hydrogens (tertiary/aromatic N) is 2. The minimum Gasteiger partial charge on any atom is -0.461 e. The van der Waals surface area contributed by atoms with Crippen molar-refractivity contribution in [2.75, 3.05) is 11.9 Å². The van der Waals surface area contributed by atoms with Crippen LogP contribution in [0.5, 0.6) is 0 Å². The van der Waals surface area contributed by atoms with Crippen LogP contribution in [-0.4, -0.2) is 28.6 Å². The van der Waals surface area contributed by atoms with Gasteiger partial charge in [-0.1, -0.05) is 5.16 Å². The molecule has 2 aromatic rings. The lowest BCUT2D eigenvalue weighted by Gasteiger charge is -1.99. The lowest BCUT2D eigenvalue weighted by Crippen LogP contribution is -2.14. The lowest BCUT2D eigenvalue weighted by molar-refractivity contribution is -0.115. The molecule has 0 aliphatic heterocycles. The summed E-state index contributed by atoms with van der Waals surface area (Å²) in [4.78, 5) is 28.6. The molecule has 0 bridgehead atoms. The van der Waals surface area contributed by atoms with E-state index >= 15 is 0 Å². The van der Waals surface area contributed by atoms with Gasteiger partial charge in [0.25, 0.3) is 0 Å². The van der Waals surface area contributed by atoms with Gasteiger partial charge in [-0.3, -0.25) is 10.1 Å². The van der Waals surface area contributed by atoms with Crippen LogP contribution in [0.25, 0.3) is 0 Å². The van der Waals surface area contributed by atoms with Crippen molar-refractivity contribution < 1.29 is 18.8 Å². The Labute approximate surface area is 125 Å². The van der Waals surface area contributed by atoms with Gasteiger partial charge in [-0.25, -0.2) is 9.78 Å². The first-order valence-corrected chi connectivity index (χ1v) is 7.17. The molecule has 1 N–H and O–H groups in total. The molecule has 0 atom stereocenters. The van der Waals surface area contributed by atoms with Gasteiger partial charge in [0.2, 0.25) is 11.8 Å². The van der Waals surface area contributed by atoms with Crippen molar-refractivity contribution in [1.29, 1.82) is 0 Å². The van der Waals surface area contributed by atoms with E-state index in [0.717, 1.165) is 15.6 Å². The molecule has 0 aromatic carbocycles. The van der Waals surface area contributed by atoms with Gasteiger partial charge in [-0.15, -0.1) is 11.3 Å². The molecular formula is C13H15N3O4S. The van der Waals surface area contributed by atoms with Crippen LogP contribution < -0.4 is 5.32 Å². The topological polar surface area (TPSA) is 94.3 Å². The molecule has 2 aromatic heterocycles. The minimum atomic E-state index is -0.590. The van der Waals surface area contributed by atoms with E-state index in [0.29, 0.717) is 0 Å². The third kappa shape index (κ3) is 3.88. The van der Waals surface area contributed by atoms with Crippen LogP contribution >= 0.6 is 11.3 Å². The van der Waals surface area contributed by atoms with E-state index in [1.165, 1.54) is 6.07 Å². The Morgan fingerprint density at radius 1 is 1.43 bits per heavy atom. The highest BCUT2D eigenvalue weighted by Gasteiger charge is 2.16. The van der Waals surface area contributed by atoms with Crippen LogP contribution in [0.4, 0.5) is 5.88 Å². The van der Waals surface area contributed by atoms with E-state index in [1.54, 1.807) is 18.3 Å². The van der Waals surface area contributed by atoms with E-state index in [-0.39, 0.29) is 30.5 Å². The Morgan fingerprint density at radius 3 is 2.81 bits per heavy atom. The second-order valence-electron chi connectivity index (χ2n) is 4.26. The Morgan fingerprint density at radius 2 is 2.19 bits per heavy atom. The fourth-order valence-corrected chi connectivity index (χ4v) is 2.54. The van der Waals surface area contributed by atoms with E-state index < -0.39 is 5.97 Å². The van der Waals surface area contributed by atoms with Crippen LogP contribution in [0.3, 0.4) is 0 Å². The number of esters is 1. The Hall–Kier alpha value is -2.22. The molecule has 0 saturated carbocycles. The second kappa shape index (κ2) is 6.49. The number of anilines is 1. The zero-order valence-corrected chi connectivity index (χ0v) is 12.7. The minimum absolute atomic E-state index is 0.0211. The quantitative estimate of drug-likeness (QED) is 0.850. The fourth-order valence-electron chi connectivity index (χ4n) is 1.71. The molecule has 0 radical (unpaired) electrons. The van der Waals surface area contributed by atoms with Crippen molar-refractivity contribution in [3.05, 3.63) is 27.3 Å². The summed E-state index contributed by atoms with van der Waals surface area (Å²) in [5.74, 6) is -0.768. The first-order chi connectivity index (χ1) is 9.99.